The van der Waals surface area contributed by atoms with Crippen LogP contribution >= 0.6 is 11.6 Å². The summed E-state index contributed by atoms with van der Waals surface area (Å²) in [4.78, 5) is 10.8. The topological polar surface area (TPSA) is 29.1 Å². The Morgan fingerprint density at radius 3 is 2.64 bits per heavy atom. The number of hydrogen-bond donors (Lipinski definition) is 1. The van der Waals surface area contributed by atoms with Gasteiger partial charge in [0.2, 0.25) is 5.91 Å². The molecule has 0 bridgehead atoms. The van der Waals surface area contributed by atoms with Gasteiger partial charge in [-0.05, 0) is 24.1 Å². The predicted molar refractivity (Wildman–Crippen MR) is 56.4 cm³/mol. The first-order valence-corrected chi connectivity index (χ1v) is 5.07. The van der Waals surface area contributed by atoms with Gasteiger partial charge in [-0.15, -0.1) is 0 Å². The molecule has 1 aromatic carbocycles. The highest BCUT2D eigenvalue weighted by Crippen LogP contribution is 2.40. The zero-order chi connectivity index (χ0) is 10.1. The Kier molecular flexibility index (Phi) is 2.46. The van der Waals surface area contributed by atoms with Gasteiger partial charge in [0.1, 0.15) is 0 Å². The average molecular weight is 210 g/mol. The molecular weight excluding hydrogens is 198 g/mol. The highest BCUT2D eigenvalue weighted by molar-refractivity contribution is 6.30. The Hall–Kier alpha value is -1.02. The van der Waals surface area contributed by atoms with Crippen LogP contribution in [-0.2, 0) is 4.79 Å². The van der Waals surface area contributed by atoms with Crippen molar-refractivity contribution in [1.82, 2.24) is 5.32 Å². The Morgan fingerprint density at radius 2 is 2.07 bits per heavy atom. The molecule has 0 heterocycles. The molecule has 2 atom stereocenters. The summed E-state index contributed by atoms with van der Waals surface area (Å²) in [6.45, 7) is 1.55. The third kappa shape index (κ3) is 2.07. The van der Waals surface area contributed by atoms with Crippen LogP contribution in [0.1, 0.15) is 24.8 Å². The summed E-state index contributed by atoms with van der Waals surface area (Å²) < 4.78 is 0. The summed E-state index contributed by atoms with van der Waals surface area (Å²) in [5.74, 6) is 0.530. The lowest BCUT2D eigenvalue weighted by Crippen LogP contribution is -2.23. The zero-order valence-corrected chi connectivity index (χ0v) is 8.71. The minimum absolute atomic E-state index is 0.0477. The number of amides is 1. The van der Waals surface area contributed by atoms with Crippen LogP contribution < -0.4 is 5.32 Å². The van der Waals surface area contributed by atoms with E-state index in [4.69, 9.17) is 11.6 Å². The molecule has 3 heteroatoms. The Balaban J connectivity index is 1.99. The van der Waals surface area contributed by atoms with Gasteiger partial charge in [0.15, 0.2) is 0 Å². The lowest BCUT2D eigenvalue weighted by Gasteiger charge is -2.01. The number of carbonyl (C=O) groups is 1. The summed E-state index contributed by atoms with van der Waals surface area (Å²) in [6, 6.07) is 8.15. The van der Waals surface area contributed by atoms with Crippen LogP contribution in [0.4, 0.5) is 0 Å². The van der Waals surface area contributed by atoms with Gasteiger partial charge in [-0.3, -0.25) is 4.79 Å². The lowest BCUT2D eigenvalue weighted by atomic mass is 10.1. The third-order valence-electron chi connectivity index (χ3n) is 2.48. The fourth-order valence-corrected chi connectivity index (χ4v) is 1.82. The van der Waals surface area contributed by atoms with E-state index in [0.717, 1.165) is 11.4 Å². The molecule has 2 rings (SSSR count). The van der Waals surface area contributed by atoms with Crippen molar-refractivity contribution >= 4 is 17.5 Å². The summed E-state index contributed by atoms with van der Waals surface area (Å²) in [6.07, 6.45) is 1.04. The van der Waals surface area contributed by atoms with E-state index in [2.05, 4.69) is 5.32 Å². The van der Waals surface area contributed by atoms with E-state index in [1.165, 1.54) is 5.56 Å². The maximum Gasteiger partial charge on any atom is 0.217 e. The van der Waals surface area contributed by atoms with Crippen LogP contribution in [0.15, 0.2) is 24.3 Å². The fourth-order valence-electron chi connectivity index (χ4n) is 1.69. The number of halogens is 1. The molecule has 74 valence electrons. The second kappa shape index (κ2) is 3.62. The maximum absolute atomic E-state index is 10.8. The number of carbonyl (C=O) groups excluding carboxylic acids is 1. The normalized spacial score (nSPS) is 24.4. The second-order valence-corrected chi connectivity index (χ2v) is 4.14. The SMILES string of the molecule is CC(=O)N[C@@H]1C[C@H]1c1ccc(Cl)cc1. The molecule has 0 radical (unpaired) electrons. The molecule has 1 aliphatic carbocycles. The van der Waals surface area contributed by atoms with Gasteiger partial charge in [0.25, 0.3) is 0 Å². The first kappa shape index (κ1) is 9.53. The van der Waals surface area contributed by atoms with E-state index in [0.29, 0.717) is 12.0 Å². The van der Waals surface area contributed by atoms with Gasteiger partial charge >= 0.3 is 0 Å². The van der Waals surface area contributed by atoms with Crippen LogP contribution in [-0.4, -0.2) is 11.9 Å². The van der Waals surface area contributed by atoms with Gasteiger partial charge in [-0.25, -0.2) is 0 Å². The third-order valence-corrected chi connectivity index (χ3v) is 2.73. The first-order chi connectivity index (χ1) is 6.66. The van der Waals surface area contributed by atoms with Gasteiger partial charge in [-0.2, -0.15) is 0 Å². The molecule has 0 aromatic heterocycles. The number of benzene rings is 1. The quantitative estimate of drug-likeness (QED) is 0.796. The summed E-state index contributed by atoms with van der Waals surface area (Å²) >= 11 is 5.79. The van der Waals surface area contributed by atoms with Crippen LogP contribution in [0, 0.1) is 0 Å². The number of rotatable bonds is 2. The first-order valence-electron chi connectivity index (χ1n) is 4.69. The molecule has 1 saturated carbocycles. The van der Waals surface area contributed by atoms with Crippen molar-refractivity contribution in [1.29, 1.82) is 0 Å². The fraction of sp³-hybridized carbons (Fsp3) is 0.364. The maximum atomic E-state index is 10.8. The highest BCUT2D eigenvalue weighted by Gasteiger charge is 2.38. The molecule has 1 fully saturated rings. The van der Waals surface area contributed by atoms with Crippen molar-refractivity contribution in [2.24, 2.45) is 0 Å². The predicted octanol–water partition coefficient (Wildman–Crippen LogP) is 2.33. The van der Waals surface area contributed by atoms with E-state index < -0.39 is 0 Å². The van der Waals surface area contributed by atoms with Crippen molar-refractivity contribution in [3.63, 3.8) is 0 Å². The Bertz CT molecular complexity index is 347. The van der Waals surface area contributed by atoms with E-state index in [1.807, 2.05) is 24.3 Å². The smallest absolute Gasteiger partial charge is 0.217 e. The van der Waals surface area contributed by atoms with Crippen molar-refractivity contribution in [3.05, 3.63) is 34.9 Å². The molecule has 0 aliphatic heterocycles. The Morgan fingerprint density at radius 1 is 1.43 bits per heavy atom. The lowest BCUT2D eigenvalue weighted by molar-refractivity contribution is -0.119. The zero-order valence-electron chi connectivity index (χ0n) is 7.96. The van der Waals surface area contributed by atoms with Crippen LogP contribution in [0.3, 0.4) is 0 Å². The van der Waals surface area contributed by atoms with Gasteiger partial charge in [-0.1, -0.05) is 23.7 Å². The standard InChI is InChI=1S/C11H12ClNO/c1-7(14)13-11-6-10(11)8-2-4-9(12)5-3-8/h2-5,10-11H,6H2,1H3,(H,13,14)/t10-,11+/m0/s1. The second-order valence-electron chi connectivity index (χ2n) is 3.70. The largest absolute Gasteiger partial charge is 0.353 e. The highest BCUT2D eigenvalue weighted by atomic mass is 35.5. The van der Waals surface area contributed by atoms with E-state index in [-0.39, 0.29) is 5.91 Å². The molecule has 2 nitrogen and oxygen atoms in total. The number of nitrogens with one attached hydrogen (secondary N) is 1. The van der Waals surface area contributed by atoms with Crippen molar-refractivity contribution < 1.29 is 4.79 Å². The molecule has 0 spiro atoms. The minimum atomic E-state index is 0.0477. The van der Waals surface area contributed by atoms with Crippen LogP contribution in [0.2, 0.25) is 5.02 Å². The van der Waals surface area contributed by atoms with E-state index in [1.54, 1.807) is 6.92 Å². The van der Waals surface area contributed by atoms with Gasteiger partial charge in [0.05, 0.1) is 0 Å². The van der Waals surface area contributed by atoms with Crippen LogP contribution in [0.5, 0.6) is 0 Å². The van der Waals surface area contributed by atoms with Crippen molar-refractivity contribution in [2.45, 2.75) is 25.3 Å². The summed E-state index contributed by atoms with van der Waals surface area (Å²) in [7, 11) is 0. The molecular formula is C11H12ClNO. The molecule has 1 aliphatic rings. The molecule has 14 heavy (non-hydrogen) atoms. The average Bonchev–Trinajstić information content (AvgIpc) is 2.84. The molecule has 1 N–H and O–H groups in total. The van der Waals surface area contributed by atoms with Gasteiger partial charge < -0.3 is 5.32 Å². The molecule has 0 unspecified atom stereocenters. The van der Waals surface area contributed by atoms with E-state index >= 15 is 0 Å². The van der Waals surface area contributed by atoms with Gasteiger partial charge in [0, 0.05) is 23.9 Å². The summed E-state index contributed by atoms with van der Waals surface area (Å²) in [5.41, 5.74) is 1.26. The van der Waals surface area contributed by atoms with Crippen molar-refractivity contribution in [3.8, 4) is 0 Å². The summed E-state index contributed by atoms with van der Waals surface area (Å²) in [5, 5.41) is 3.66. The Labute approximate surface area is 88.3 Å². The number of hydrogen-bond acceptors (Lipinski definition) is 1. The van der Waals surface area contributed by atoms with Crippen molar-refractivity contribution in [2.75, 3.05) is 0 Å². The van der Waals surface area contributed by atoms with E-state index in [9.17, 15) is 4.79 Å². The monoisotopic (exact) mass is 209 g/mol. The minimum Gasteiger partial charge on any atom is -0.353 e. The molecule has 1 aromatic rings. The molecule has 1 amide bonds. The van der Waals surface area contributed by atoms with Crippen LogP contribution in [0.25, 0.3) is 0 Å². The molecule has 0 saturated heterocycles.